The fourth-order valence-corrected chi connectivity index (χ4v) is 3.55. The van der Waals surface area contributed by atoms with E-state index in [9.17, 15) is 0 Å². The Labute approximate surface area is 162 Å². The van der Waals surface area contributed by atoms with Crippen LogP contribution in [0.5, 0.6) is 0 Å². The summed E-state index contributed by atoms with van der Waals surface area (Å²) in [4.78, 5) is 12.0. The quantitative estimate of drug-likeness (QED) is 0.429. The van der Waals surface area contributed by atoms with E-state index in [1.807, 2.05) is 7.05 Å². The molecular weight excluding hydrogens is 324 g/mol. The Hall–Kier alpha value is -0.850. The summed E-state index contributed by atoms with van der Waals surface area (Å²) in [6.07, 6.45) is 2.40. The average Bonchev–Trinajstić information content (AvgIpc) is 2.68. The highest BCUT2D eigenvalue weighted by molar-refractivity contribution is 5.79. The van der Waals surface area contributed by atoms with E-state index in [1.165, 1.54) is 52.1 Å². The molecule has 0 aromatic rings. The van der Waals surface area contributed by atoms with Crippen molar-refractivity contribution < 1.29 is 0 Å². The molecule has 0 saturated carbocycles. The molecule has 1 aliphatic rings. The van der Waals surface area contributed by atoms with Gasteiger partial charge in [0.15, 0.2) is 5.96 Å². The number of rotatable bonds is 11. The van der Waals surface area contributed by atoms with Gasteiger partial charge in [0.25, 0.3) is 0 Å². The van der Waals surface area contributed by atoms with Crippen molar-refractivity contribution in [1.29, 1.82) is 0 Å². The third-order valence-electron chi connectivity index (χ3n) is 5.65. The van der Waals surface area contributed by atoms with Crippen LogP contribution in [0.3, 0.4) is 0 Å². The number of aliphatic imine (C=N–C) groups is 1. The summed E-state index contributed by atoms with van der Waals surface area (Å²) in [5.41, 5.74) is 0. The summed E-state index contributed by atoms with van der Waals surface area (Å²) < 4.78 is 0. The molecule has 0 aromatic carbocycles. The molecule has 0 amide bonds. The van der Waals surface area contributed by atoms with E-state index in [2.05, 4.69) is 64.9 Å². The second kappa shape index (κ2) is 13.3. The third-order valence-corrected chi connectivity index (χ3v) is 5.65. The van der Waals surface area contributed by atoms with Crippen LogP contribution in [0.4, 0.5) is 0 Å². The summed E-state index contributed by atoms with van der Waals surface area (Å²) in [5, 5.41) is 7.06. The van der Waals surface area contributed by atoms with E-state index in [-0.39, 0.29) is 0 Å². The highest BCUT2D eigenvalue weighted by atomic mass is 15.3. The van der Waals surface area contributed by atoms with Crippen molar-refractivity contribution in [3.63, 3.8) is 0 Å². The molecule has 1 fully saturated rings. The van der Waals surface area contributed by atoms with Gasteiger partial charge >= 0.3 is 0 Å². The van der Waals surface area contributed by atoms with Gasteiger partial charge in [0.05, 0.1) is 0 Å². The van der Waals surface area contributed by atoms with Gasteiger partial charge in [-0.3, -0.25) is 9.89 Å². The van der Waals surface area contributed by atoms with Gasteiger partial charge in [0.2, 0.25) is 0 Å². The lowest BCUT2D eigenvalue weighted by Gasteiger charge is -2.37. The largest absolute Gasteiger partial charge is 0.355 e. The normalized spacial score (nSPS) is 19.6. The van der Waals surface area contributed by atoms with E-state index in [0.717, 1.165) is 25.6 Å². The van der Waals surface area contributed by atoms with Gasteiger partial charge in [0, 0.05) is 51.9 Å². The molecule has 1 heterocycles. The minimum Gasteiger partial charge on any atom is -0.355 e. The van der Waals surface area contributed by atoms with Crippen molar-refractivity contribution >= 4 is 5.96 Å². The summed E-state index contributed by atoms with van der Waals surface area (Å²) in [6, 6.07) is 0.977. The minimum atomic E-state index is 0.445. The lowest BCUT2D eigenvalue weighted by molar-refractivity contribution is 0.107. The first kappa shape index (κ1) is 23.2. The Morgan fingerprint density at radius 2 is 1.73 bits per heavy atom. The Kier molecular flexibility index (Phi) is 11.9. The number of piperazine rings is 1. The van der Waals surface area contributed by atoms with Crippen LogP contribution in [-0.4, -0.2) is 98.7 Å². The van der Waals surface area contributed by atoms with Crippen LogP contribution in [0.1, 0.15) is 47.5 Å². The number of hydrogen-bond acceptors (Lipinski definition) is 4. The first-order valence-corrected chi connectivity index (χ1v) is 10.7. The number of likely N-dealkylation sites (N-methyl/N-ethyl adjacent to an activating group) is 1. The van der Waals surface area contributed by atoms with Crippen molar-refractivity contribution in [3.8, 4) is 0 Å². The van der Waals surface area contributed by atoms with Crippen molar-refractivity contribution in [2.24, 2.45) is 4.99 Å². The molecule has 0 bridgehead atoms. The molecule has 2 N–H and O–H groups in total. The molecule has 0 spiro atoms. The Morgan fingerprint density at radius 1 is 1.08 bits per heavy atom. The molecule has 6 heteroatoms. The van der Waals surface area contributed by atoms with Gasteiger partial charge in [-0.25, -0.2) is 0 Å². The van der Waals surface area contributed by atoms with Crippen LogP contribution in [0.25, 0.3) is 0 Å². The molecule has 154 valence electrons. The number of guanidine groups is 1. The number of nitrogens with one attached hydrogen (secondary N) is 2. The summed E-state index contributed by atoms with van der Waals surface area (Å²) in [6.45, 7) is 21.6. The topological polar surface area (TPSA) is 46.1 Å². The lowest BCUT2D eigenvalue weighted by Crippen LogP contribution is -2.53. The molecule has 0 aliphatic carbocycles. The highest BCUT2D eigenvalue weighted by Gasteiger charge is 2.20. The van der Waals surface area contributed by atoms with Crippen LogP contribution in [0, 0.1) is 0 Å². The molecule has 1 saturated heterocycles. The first-order valence-electron chi connectivity index (χ1n) is 10.7. The first-order chi connectivity index (χ1) is 12.5. The monoisotopic (exact) mass is 368 g/mol. The van der Waals surface area contributed by atoms with Gasteiger partial charge < -0.3 is 20.4 Å². The smallest absolute Gasteiger partial charge is 0.191 e. The van der Waals surface area contributed by atoms with E-state index in [4.69, 9.17) is 0 Å². The molecule has 2 atom stereocenters. The van der Waals surface area contributed by atoms with Crippen molar-refractivity contribution in [2.75, 3.05) is 66.0 Å². The van der Waals surface area contributed by atoms with Crippen LogP contribution in [-0.2, 0) is 0 Å². The van der Waals surface area contributed by atoms with E-state index >= 15 is 0 Å². The second-order valence-electron chi connectivity index (χ2n) is 7.49. The molecular formula is C20H44N6. The third kappa shape index (κ3) is 8.69. The van der Waals surface area contributed by atoms with Crippen LogP contribution in [0.15, 0.2) is 4.99 Å². The SMILES string of the molecule is CCN(CC)CCCC(C)NC(=NC)NCC(C)N1CCN(CC)CC1. The lowest BCUT2D eigenvalue weighted by atomic mass is 10.2. The zero-order valence-corrected chi connectivity index (χ0v) is 18.2. The summed E-state index contributed by atoms with van der Waals surface area (Å²) >= 11 is 0. The van der Waals surface area contributed by atoms with E-state index < -0.39 is 0 Å². The maximum Gasteiger partial charge on any atom is 0.191 e. The maximum absolute atomic E-state index is 4.40. The standard InChI is InChI=1S/C20H44N6/c1-7-24(8-2)12-10-11-18(4)23-20(21-6)22-17-19(5)26-15-13-25(9-3)14-16-26/h18-19H,7-17H2,1-6H3,(H2,21,22,23). The maximum atomic E-state index is 4.40. The summed E-state index contributed by atoms with van der Waals surface area (Å²) in [5.74, 6) is 0.930. The van der Waals surface area contributed by atoms with Crippen LogP contribution >= 0.6 is 0 Å². The van der Waals surface area contributed by atoms with Crippen molar-refractivity contribution in [3.05, 3.63) is 0 Å². The Bertz CT molecular complexity index is 374. The van der Waals surface area contributed by atoms with E-state index in [0.29, 0.717) is 12.1 Å². The van der Waals surface area contributed by atoms with Gasteiger partial charge in [-0.15, -0.1) is 0 Å². The fraction of sp³-hybridized carbons (Fsp3) is 0.950. The predicted octanol–water partition coefficient (Wildman–Crippen LogP) is 1.69. The van der Waals surface area contributed by atoms with Crippen molar-refractivity contribution in [2.45, 2.75) is 59.5 Å². The van der Waals surface area contributed by atoms with Crippen molar-refractivity contribution in [1.82, 2.24) is 25.3 Å². The molecule has 1 aliphatic heterocycles. The Morgan fingerprint density at radius 3 is 2.27 bits per heavy atom. The second-order valence-corrected chi connectivity index (χ2v) is 7.49. The van der Waals surface area contributed by atoms with Gasteiger partial charge in [0.1, 0.15) is 0 Å². The minimum absolute atomic E-state index is 0.445. The zero-order valence-electron chi connectivity index (χ0n) is 18.2. The molecule has 1 rings (SSSR count). The zero-order chi connectivity index (χ0) is 19.4. The molecule has 6 nitrogen and oxygen atoms in total. The van der Waals surface area contributed by atoms with E-state index in [1.54, 1.807) is 0 Å². The molecule has 2 unspecified atom stereocenters. The summed E-state index contributed by atoms with van der Waals surface area (Å²) in [7, 11) is 1.86. The molecule has 26 heavy (non-hydrogen) atoms. The van der Waals surface area contributed by atoms with Gasteiger partial charge in [-0.05, 0) is 52.9 Å². The Balaban J connectivity index is 2.25. The average molecular weight is 369 g/mol. The van der Waals surface area contributed by atoms with Gasteiger partial charge in [-0.2, -0.15) is 0 Å². The van der Waals surface area contributed by atoms with Crippen LogP contribution in [0.2, 0.25) is 0 Å². The predicted molar refractivity (Wildman–Crippen MR) is 114 cm³/mol. The fourth-order valence-electron chi connectivity index (χ4n) is 3.55. The molecule has 0 radical (unpaired) electrons. The highest BCUT2D eigenvalue weighted by Crippen LogP contribution is 2.05. The van der Waals surface area contributed by atoms with Gasteiger partial charge in [-0.1, -0.05) is 20.8 Å². The van der Waals surface area contributed by atoms with Crippen LogP contribution < -0.4 is 10.6 Å². The number of hydrogen-bond donors (Lipinski definition) is 2. The number of nitrogens with zero attached hydrogens (tertiary/aromatic N) is 4. The molecule has 0 aromatic heterocycles.